The van der Waals surface area contributed by atoms with E-state index < -0.39 is 5.97 Å². The summed E-state index contributed by atoms with van der Waals surface area (Å²) < 4.78 is 10.6. The number of ether oxygens (including phenoxy) is 2. The Kier molecular flexibility index (Phi) is 4.80. The van der Waals surface area contributed by atoms with Crippen molar-refractivity contribution in [3.63, 3.8) is 0 Å². The molecule has 1 aromatic rings. The molecule has 0 bridgehead atoms. The fourth-order valence-electron chi connectivity index (χ4n) is 2.65. The lowest BCUT2D eigenvalue weighted by atomic mass is 9.91. The molecule has 0 aromatic heterocycles. The molecule has 4 nitrogen and oxygen atoms in total. The second kappa shape index (κ2) is 6.41. The number of carbonyl (C=O) groups is 2. The van der Waals surface area contributed by atoms with Crippen molar-refractivity contribution in [3.05, 3.63) is 39.9 Å². The van der Waals surface area contributed by atoms with Gasteiger partial charge in [0.05, 0.1) is 6.61 Å². The highest BCUT2D eigenvalue weighted by Gasteiger charge is 2.34. The maximum absolute atomic E-state index is 11.6. The molecule has 112 valence electrons. The topological polar surface area (TPSA) is 52.6 Å². The van der Waals surface area contributed by atoms with Gasteiger partial charge in [-0.25, -0.2) is 0 Å². The summed E-state index contributed by atoms with van der Waals surface area (Å²) in [5.74, 6) is -0.0145. The van der Waals surface area contributed by atoms with Crippen molar-refractivity contribution < 1.29 is 19.1 Å². The minimum atomic E-state index is -0.400. The third-order valence-corrected chi connectivity index (χ3v) is 3.62. The summed E-state index contributed by atoms with van der Waals surface area (Å²) in [4.78, 5) is 22.9. The molecule has 1 aliphatic rings. The summed E-state index contributed by atoms with van der Waals surface area (Å²) >= 11 is 6.06. The Morgan fingerprint density at radius 3 is 2.57 bits per heavy atom. The molecule has 1 aromatic carbocycles. The number of benzene rings is 1. The number of Topliss-reactive ketones (excluding diaryl/α,β-unsaturated/α-hetero) is 1. The van der Waals surface area contributed by atoms with Gasteiger partial charge in [-0.1, -0.05) is 11.6 Å². The summed E-state index contributed by atoms with van der Waals surface area (Å²) in [5.41, 5.74) is 2.51. The molecule has 1 aliphatic carbocycles. The van der Waals surface area contributed by atoms with Crippen LogP contribution < -0.4 is 0 Å². The van der Waals surface area contributed by atoms with Gasteiger partial charge in [0.1, 0.15) is 11.5 Å². The van der Waals surface area contributed by atoms with Crippen LogP contribution in [0.2, 0.25) is 5.02 Å². The molecule has 21 heavy (non-hydrogen) atoms. The van der Waals surface area contributed by atoms with Gasteiger partial charge < -0.3 is 9.47 Å². The number of methoxy groups -OCH3 is 1. The molecule has 5 heteroatoms. The molecule has 1 unspecified atom stereocenters. The van der Waals surface area contributed by atoms with E-state index >= 15 is 0 Å². The average molecular weight is 309 g/mol. The molecule has 0 N–H and O–H groups in total. The van der Waals surface area contributed by atoms with Gasteiger partial charge in [0.15, 0.2) is 0 Å². The first-order chi connectivity index (χ1) is 9.93. The fraction of sp³-hybridized carbons (Fsp3) is 0.375. The Morgan fingerprint density at radius 2 is 2.00 bits per heavy atom. The number of hydrogen-bond acceptors (Lipinski definition) is 4. The summed E-state index contributed by atoms with van der Waals surface area (Å²) in [6.07, 6.45) is 0.330. The Hall–Kier alpha value is -1.65. The van der Waals surface area contributed by atoms with E-state index in [9.17, 15) is 9.59 Å². The SMILES string of the molecule is COCC1=C(OC(C)=O)c2ccc(Cl)cc2C1CC(C)=O. The number of halogens is 1. The van der Waals surface area contributed by atoms with Crippen LogP contribution >= 0.6 is 11.6 Å². The quantitative estimate of drug-likeness (QED) is 0.783. The molecule has 0 spiro atoms. The van der Waals surface area contributed by atoms with Crippen LogP contribution in [0.4, 0.5) is 0 Å². The van der Waals surface area contributed by atoms with E-state index in [2.05, 4.69) is 0 Å². The van der Waals surface area contributed by atoms with E-state index in [-0.39, 0.29) is 11.7 Å². The number of carbonyl (C=O) groups excluding carboxylic acids is 2. The lowest BCUT2D eigenvalue weighted by molar-refractivity contribution is -0.134. The van der Waals surface area contributed by atoms with E-state index in [1.165, 1.54) is 6.92 Å². The Labute approximate surface area is 128 Å². The van der Waals surface area contributed by atoms with Crippen molar-refractivity contribution in [1.29, 1.82) is 0 Å². The van der Waals surface area contributed by atoms with Gasteiger partial charge >= 0.3 is 5.97 Å². The van der Waals surface area contributed by atoms with E-state index in [1.54, 1.807) is 20.1 Å². The second-order valence-corrected chi connectivity index (χ2v) is 5.51. The Bertz CT molecular complexity index is 619. The molecule has 0 fully saturated rings. The van der Waals surface area contributed by atoms with E-state index in [4.69, 9.17) is 21.1 Å². The molecule has 1 atom stereocenters. The largest absolute Gasteiger partial charge is 0.426 e. The minimum absolute atomic E-state index is 0.0589. The minimum Gasteiger partial charge on any atom is -0.426 e. The van der Waals surface area contributed by atoms with Crippen molar-refractivity contribution in [1.82, 2.24) is 0 Å². The van der Waals surface area contributed by atoms with E-state index in [1.807, 2.05) is 12.1 Å². The van der Waals surface area contributed by atoms with Crippen LogP contribution in [-0.4, -0.2) is 25.5 Å². The van der Waals surface area contributed by atoms with Crippen LogP contribution in [0.1, 0.15) is 37.3 Å². The van der Waals surface area contributed by atoms with Gasteiger partial charge in [-0.05, 0) is 30.7 Å². The Balaban J connectivity index is 2.55. The number of hydrogen-bond donors (Lipinski definition) is 0. The number of fused-ring (bicyclic) bond motifs is 1. The summed E-state index contributed by atoms with van der Waals surface area (Å²) in [7, 11) is 1.57. The zero-order valence-corrected chi connectivity index (χ0v) is 13.0. The monoisotopic (exact) mass is 308 g/mol. The highest BCUT2D eigenvalue weighted by Crippen LogP contribution is 2.45. The van der Waals surface area contributed by atoms with Gasteiger partial charge in [0.2, 0.25) is 0 Å². The summed E-state index contributed by atoms with van der Waals surface area (Å²) in [6, 6.07) is 5.37. The second-order valence-electron chi connectivity index (χ2n) is 5.07. The van der Waals surface area contributed by atoms with Gasteiger partial charge in [0.25, 0.3) is 0 Å². The fourth-order valence-corrected chi connectivity index (χ4v) is 2.83. The average Bonchev–Trinajstić information content (AvgIpc) is 2.64. The van der Waals surface area contributed by atoms with Crippen molar-refractivity contribution in [2.45, 2.75) is 26.2 Å². The molecule has 0 aliphatic heterocycles. The van der Waals surface area contributed by atoms with Crippen LogP contribution in [0.15, 0.2) is 23.8 Å². The number of ketones is 1. The van der Waals surface area contributed by atoms with Gasteiger partial charge in [-0.3, -0.25) is 9.59 Å². The molecule has 0 radical (unpaired) electrons. The number of rotatable bonds is 5. The molecule has 0 amide bonds. The van der Waals surface area contributed by atoms with Crippen LogP contribution in [0.25, 0.3) is 5.76 Å². The zero-order valence-electron chi connectivity index (χ0n) is 12.2. The number of esters is 1. The van der Waals surface area contributed by atoms with Gasteiger partial charge in [0, 0.05) is 42.5 Å². The van der Waals surface area contributed by atoms with E-state index in [0.29, 0.717) is 23.8 Å². The van der Waals surface area contributed by atoms with E-state index in [0.717, 1.165) is 16.7 Å². The third kappa shape index (κ3) is 3.34. The smallest absolute Gasteiger partial charge is 0.308 e. The molecule has 0 saturated carbocycles. The van der Waals surface area contributed by atoms with Crippen LogP contribution in [0.5, 0.6) is 0 Å². The Morgan fingerprint density at radius 1 is 1.29 bits per heavy atom. The molecular weight excluding hydrogens is 292 g/mol. The molecular formula is C16H17ClO4. The molecule has 0 heterocycles. The maximum atomic E-state index is 11.6. The first-order valence-corrected chi connectivity index (χ1v) is 7.01. The summed E-state index contributed by atoms with van der Waals surface area (Å²) in [6.45, 7) is 3.19. The van der Waals surface area contributed by atoms with Crippen LogP contribution in [0.3, 0.4) is 0 Å². The van der Waals surface area contributed by atoms with Crippen LogP contribution in [0, 0.1) is 0 Å². The standard InChI is InChI=1S/C16H17ClO4/c1-9(18)6-13-14-7-11(17)4-5-12(14)16(21-10(2)19)15(13)8-20-3/h4-5,7,13H,6,8H2,1-3H3. The first kappa shape index (κ1) is 15.7. The highest BCUT2D eigenvalue weighted by molar-refractivity contribution is 6.30. The zero-order chi connectivity index (χ0) is 15.6. The van der Waals surface area contributed by atoms with Gasteiger partial charge in [-0.15, -0.1) is 0 Å². The molecule has 2 rings (SSSR count). The lowest BCUT2D eigenvalue weighted by Crippen LogP contribution is -2.09. The molecule has 0 saturated heterocycles. The van der Waals surface area contributed by atoms with Gasteiger partial charge in [-0.2, -0.15) is 0 Å². The maximum Gasteiger partial charge on any atom is 0.308 e. The third-order valence-electron chi connectivity index (χ3n) is 3.38. The van der Waals surface area contributed by atoms with Crippen molar-refractivity contribution in [2.75, 3.05) is 13.7 Å². The van der Waals surface area contributed by atoms with Crippen molar-refractivity contribution in [2.24, 2.45) is 0 Å². The lowest BCUT2D eigenvalue weighted by Gasteiger charge is -2.14. The van der Waals surface area contributed by atoms with Crippen LogP contribution in [-0.2, 0) is 19.1 Å². The summed E-state index contributed by atoms with van der Waals surface area (Å²) in [5, 5.41) is 0.586. The highest BCUT2D eigenvalue weighted by atomic mass is 35.5. The normalized spacial score (nSPS) is 16.9. The van der Waals surface area contributed by atoms with Crippen molar-refractivity contribution in [3.8, 4) is 0 Å². The van der Waals surface area contributed by atoms with Crippen molar-refractivity contribution >= 4 is 29.1 Å². The predicted octanol–water partition coefficient (Wildman–Crippen LogP) is 3.34. The first-order valence-electron chi connectivity index (χ1n) is 6.63. The predicted molar refractivity (Wildman–Crippen MR) is 80.1 cm³/mol.